The molecule has 7 nitrogen and oxygen atoms in total. The highest BCUT2D eigenvalue weighted by Gasteiger charge is 2.15. The minimum Gasteiger partial charge on any atom is -0.360 e. The van der Waals surface area contributed by atoms with Crippen molar-refractivity contribution in [3.05, 3.63) is 40.1 Å². The fourth-order valence-corrected chi connectivity index (χ4v) is 2.30. The van der Waals surface area contributed by atoms with Gasteiger partial charge in [0.05, 0.1) is 17.1 Å². The van der Waals surface area contributed by atoms with E-state index in [9.17, 15) is 9.59 Å². The normalized spacial score (nSPS) is 11.8. The Morgan fingerprint density at radius 3 is 2.38 bits per heavy atom. The molecule has 0 saturated carbocycles. The summed E-state index contributed by atoms with van der Waals surface area (Å²) in [6.45, 7) is 1.96. The summed E-state index contributed by atoms with van der Waals surface area (Å²) in [4.78, 5) is 24.6. The van der Waals surface area contributed by atoms with E-state index in [1.54, 1.807) is 38.2 Å². The van der Waals surface area contributed by atoms with E-state index in [1.165, 1.54) is 0 Å². The van der Waals surface area contributed by atoms with E-state index >= 15 is 0 Å². The predicted molar refractivity (Wildman–Crippen MR) is 91.6 cm³/mol. The number of carbonyl (C=O) groups is 2. The second-order valence-corrected chi connectivity index (χ2v) is 6.17. The molecular formula is C15H17Cl2N4O3+. The molecule has 0 aliphatic carbocycles. The maximum atomic E-state index is 12.0. The number of hydrogen-bond acceptors (Lipinski definition) is 4. The predicted octanol–water partition coefficient (Wildman–Crippen LogP) is 1.38. The third kappa shape index (κ3) is 5.52. The number of amides is 2. The van der Waals surface area contributed by atoms with Crippen molar-refractivity contribution in [1.82, 2.24) is 5.16 Å². The lowest BCUT2D eigenvalue weighted by Crippen LogP contribution is -3.11. The molecule has 0 radical (unpaired) electrons. The van der Waals surface area contributed by atoms with Crippen LogP contribution in [0.25, 0.3) is 0 Å². The zero-order valence-electron chi connectivity index (χ0n) is 13.2. The summed E-state index contributed by atoms with van der Waals surface area (Å²) in [7, 11) is 1.74. The topological polar surface area (TPSA) is 88.7 Å². The maximum absolute atomic E-state index is 12.0. The fourth-order valence-electron chi connectivity index (χ4n) is 2.00. The molecule has 2 amide bonds. The number of quaternary nitrogens is 1. The van der Waals surface area contributed by atoms with E-state index in [4.69, 9.17) is 27.7 Å². The first-order chi connectivity index (χ1) is 11.3. The number of aryl methyl sites for hydroxylation is 1. The molecule has 0 spiro atoms. The summed E-state index contributed by atoms with van der Waals surface area (Å²) in [6, 6.07) is 6.44. The van der Waals surface area contributed by atoms with Gasteiger partial charge >= 0.3 is 0 Å². The largest absolute Gasteiger partial charge is 0.360 e. The molecule has 1 aromatic carbocycles. The first-order valence-corrected chi connectivity index (χ1v) is 7.88. The summed E-state index contributed by atoms with van der Waals surface area (Å²) in [5.41, 5.74) is 0.546. The van der Waals surface area contributed by atoms with Crippen LogP contribution in [0.4, 0.5) is 11.5 Å². The van der Waals surface area contributed by atoms with E-state index in [0.29, 0.717) is 32.2 Å². The van der Waals surface area contributed by atoms with Gasteiger partial charge in [0.25, 0.3) is 11.8 Å². The Hall–Kier alpha value is -2.09. The van der Waals surface area contributed by atoms with Gasteiger partial charge in [-0.3, -0.25) is 9.59 Å². The third-order valence-electron chi connectivity index (χ3n) is 3.02. The monoisotopic (exact) mass is 371 g/mol. The number of carbonyl (C=O) groups excluding carboxylic acids is 2. The van der Waals surface area contributed by atoms with E-state index in [1.807, 2.05) is 0 Å². The number of aromatic nitrogens is 1. The van der Waals surface area contributed by atoms with Crippen LogP contribution in [0, 0.1) is 6.92 Å². The molecule has 0 saturated heterocycles. The van der Waals surface area contributed by atoms with Crippen LogP contribution in [0.3, 0.4) is 0 Å². The number of rotatable bonds is 6. The van der Waals surface area contributed by atoms with Crippen molar-refractivity contribution in [1.29, 1.82) is 0 Å². The molecule has 2 rings (SSSR count). The molecule has 24 heavy (non-hydrogen) atoms. The van der Waals surface area contributed by atoms with Crippen LogP contribution in [-0.2, 0) is 9.59 Å². The number of nitrogens with zero attached hydrogens (tertiary/aromatic N) is 1. The lowest BCUT2D eigenvalue weighted by molar-refractivity contribution is -0.862. The molecule has 0 aliphatic rings. The molecule has 9 heteroatoms. The average molecular weight is 372 g/mol. The Morgan fingerprint density at radius 1 is 1.12 bits per heavy atom. The molecule has 0 fully saturated rings. The summed E-state index contributed by atoms with van der Waals surface area (Å²) < 4.78 is 4.86. The van der Waals surface area contributed by atoms with Gasteiger partial charge in [0, 0.05) is 11.8 Å². The molecular weight excluding hydrogens is 355 g/mol. The second-order valence-electron chi connectivity index (χ2n) is 5.36. The molecule has 1 aromatic heterocycles. The van der Waals surface area contributed by atoms with Crippen LogP contribution in [0.1, 0.15) is 5.76 Å². The molecule has 3 N–H and O–H groups in total. The van der Waals surface area contributed by atoms with Crippen molar-refractivity contribution in [3.63, 3.8) is 0 Å². The number of hydrogen-bond donors (Lipinski definition) is 3. The van der Waals surface area contributed by atoms with Gasteiger partial charge in [-0.05, 0) is 25.1 Å². The minimum atomic E-state index is -0.261. The van der Waals surface area contributed by atoms with E-state index in [2.05, 4.69) is 15.8 Å². The van der Waals surface area contributed by atoms with Crippen LogP contribution >= 0.6 is 23.2 Å². The van der Waals surface area contributed by atoms with Gasteiger partial charge in [0.15, 0.2) is 18.9 Å². The number of nitrogens with one attached hydrogen (secondary N) is 3. The fraction of sp³-hybridized carbons (Fsp3) is 0.267. The van der Waals surface area contributed by atoms with Crippen LogP contribution < -0.4 is 15.5 Å². The summed E-state index contributed by atoms with van der Waals surface area (Å²) in [5.74, 6) is 0.455. The number of anilines is 2. The smallest absolute Gasteiger partial charge is 0.280 e. The average Bonchev–Trinajstić information content (AvgIpc) is 2.87. The zero-order valence-corrected chi connectivity index (χ0v) is 14.7. The summed E-state index contributed by atoms with van der Waals surface area (Å²) in [6.07, 6.45) is 0. The van der Waals surface area contributed by atoms with Crippen molar-refractivity contribution in [3.8, 4) is 0 Å². The van der Waals surface area contributed by atoms with Crippen molar-refractivity contribution >= 4 is 46.5 Å². The Morgan fingerprint density at radius 2 is 1.79 bits per heavy atom. The second kappa shape index (κ2) is 8.14. The van der Waals surface area contributed by atoms with Gasteiger partial charge in [0.2, 0.25) is 0 Å². The molecule has 0 aliphatic heterocycles. The van der Waals surface area contributed by atoms with Gasteiger partial charge in [-0.15, -0.1) is 0 Å². The van der Waals surface area contributed by atoms with Crippen LogP contribution in [-0.4, -0.2) is 37.1 Å². The van der Waals surface area contributed by atoms with Crippen molar-refractivity contribution in [2.45, 2.75) is 6.92 Å². The van der Waals surface area contributed by atoms with E-state index in [0.717, 1.165) is 0 Å². The zero-order chi connectivity index (χ0) is 17.7. The number of likely N-dealkylation sites (N-methyl/N-ethyl adjacent to an activating group) is 1. The van der Waals surface area contributed by atoms with Gasteiger partial charge in [-0.2, -0.15) is 0 Å². The maximum Gasteiger partial charge on any atom is 0.280 e. The van der Waals surface area contributed by atoms with Gasteiger partial charge in [-0.1, -0.05) is 28.4 Å². The first kappa shape index (κ1) is 18.3. The quantitative estimate of drug-likeness (QED) is 0.715. The van der Waals surface area contributed by atoms with Crippen LogP contribution in [0.5, 0.6) is 0 Å². The molecule has 128 valence electrons. The molecule has 1 unspecified atom stereocenters. The Kier molecular flexibility index (Phi) is 6.19. The van der Waals surface area contributed by atoms with Gasteiger partial charge in [-0.25, -0.2) is 0 Å². The summed E-state index contributed by atoms with van der Waals surface area (Å²) in [5, 5.41) is 9.76. The highest BCUT2D eigenvalue weighted by atomic mass is 35.5. The van der Waals surface area contributed by atoms with Crippen molar-refractivity contribution in [2.24, 2.45) is 0 Å². The first-order valence-electron chi connectivity index (χ1n) is 7.13. The van der Waals surface area contributed by atoms with E-state index in [-0.39, 0.29) is 24.9 Å². The molecule has 2 aromatic rings. The van der Waals surface area contributed by atoms with E-state index < -0.39 is 0 Å². The van der Waals surface area contributed by atoms with Crippen molar-refractivity contribution < 1.29 is 19.0 Å². The van der Waals surface area contributed by atoms with Gasteiger partial charge < -0.3 is 20.1 Å². The minimum absolute atomic E-state index is 0.112. The van der Waals surface area contributed by atoms with Crippen molar-refractivity contribution in [2.75, 3.05) is 30.8 Å². The number of benzene rings is 1. The summed E-state index contributed by atoms with van der Waals surface area (Å²) >= 11 is 11.7. The van der Waals surface area contributed by atoms with Crippen LogP contribution in [0.2, 0.25) is 10.0 Å². The molecule has 0 bridgehead atoms. The molecule has 1 atom stereocenters. The Balaban J connectivity index is 1.80. The SMILES string of the molecule is Cc1cc(NC(=O)C[NH+](C)CC(=O)Nc2ccc(Cl)c(Cl)c2)no1. The standard InChI is InChI=1S/C15H16Cl2N4O3/c1-9-5-13(20-24-9)19-15(23)8-21(2)7-14(22)18-10-3-4-11(16)12(17)6-10/h3-6H,7-8H2,1-2H3,(H,18,22)(H,19,20,23)/p+1. The van der Waals surface area contributed by atoms with Crippen LogP contribution in [0.15, 0.2) is 28.8 Å². The third-order valence-corrected chi connectivity index (χ3v) is 3.76. The lowest BCUT2D eigenvalue weighted by atomic mass is 10.3. The highest BCUT2D eigenvalue weighted by Crippen LogP contribution is 2.24. The lowest BCUT2D eigenvalue weighted by Gasteiger charge is -2.13. The highest BCUT2D eigenvalue weighted by molar-refractivity contribution is 6.42. The Bertz CT molecular complexity index is 748. The number of halogens is 2. The Labute approximate surface area is 148 Å². The van der Waals surface area contributed by atoms with Gasteiger partial charge in [0.1, 0.15) is 5.76 Å². The molecule has 1 heterocycles.